The van der Waals surface area contributed by atoms with E-state index in [0.29, 0.717) is 6.54 Å². The van der Waals surface area contributed by atoms with Crippen LogP contribution in [0.5, 0.6) is 0 Å². The van der Waals surface area contributed by atoms with Crippen molar-refractivity contribution in [3.63, 3.8) is 0 Å². The summed E-state index contributed by atoms with van der Waals surface area (Å²) in [6, 6.07) is -0.150. The van der Waals surface area contributed by atoms with E-state index in [-0.39, 0.29) is 29.3 Å². The lowest BCUT2D eigenvalue weighted by atomic mass is 9.66. The quantitative estimate of drug-likeness (QED) is 0.717. The Balaban J connectivity index is 2.39. The van der Waals surface area contributed by atoms with E-state index in [0.717, 1.165) is 19.3 Å². The predicted octanol–water partition coefficient (Wildman–Crippen LogP) is 2.37. The fourth-order valence-electron chi connectivity index (χ4n) is 2.15. The largest absolute Gasteiger partial charge is 0.481 e. The second-order valence-electron chi connectivity index (χ2n) is 6.84. The number of carboxylic acids is 1. The predicted molar refractivity (Wildman–Crippen MR) is 74.0 cm³/mol. The number of carbonyl (C=O) groups excluding carboxylic acids is 1. The summed E-state index contributed by atoms with van der Waals surface area (Å²) in [7, 11) is 0. The van der Waals surface area contributed by atoms with Gasteiger partial charge in [0.15, 0.2) is 0 Å². The number of rotatable bonds is 5. The van der Waals surface area contributed by atoms with E-state index in [1.807, 2.05) is 6.92 Å². The highest BCUT2D eigenvalue weighted by atomic mass is 16.4. The van der Waals surface area contributed by atoms with Crippen molar-refractivity contribution < 1.29 is 14.7 Å². The summed E-state index contributed by atoms with van der Waals surface area (Å²) in [6.07, 6.45) is 2.96. The summed E-state index contributed by atoms with van der Waals surface area (Å²) in [5.74, 6) is -0.787. The van der Waals surface area contributed by atoms with Gasteiger partial charge in [-0.3, -0.25) is 4.79 Å². The molecule has 5 nitrogen and oxygen atoms in total. The van der Waals surface area contributed by atoms with Crippen LogP contribution in [0.4, 0.5) is 4.79 Å². The van der Waals surface area contributed by atoms with Crippen LogP contribution in [0, 0.1) is 10.8 Å². The Hall–Kier alpha value is -1.26. The first-order valence-corrected chi connectivity index (χ1v) is 6.91. The lowest BCUT2D eigenvalue weighted by Crippen LogP contribution is -2.50. The zero-order valence-corrected chi connectivity index (χ0v) is 12.4. The maximum atomic E-state index is 11.8. The highest BCUT2D eigenvalue weighted by molar-refractivity contribution is 5.74. The van der Waals surface area contributed by atoms with E-state index in [4.69, 9.17) is 5.11 Å². The highest BCUT2D eigenvalue weighted by Gasteiger charge is 2.39. The number of nitrogens with one attached hydrogen (secondary N) is 2. The van der Waals surface area contributed by atoms with Crippen LogP contribution in [0.3, 0.4) is 0 Å². The third-order valence-corrected chi connectivity index (χ3v) is 4.21. The first-order chi connectivity index (χ1) is 8.65. The molecule has 1 atom stereocenters. The topological polar surface area (TPSA) is 78.4 Å². The zero-order chi connectivity index (χ0) is 14.7. The maximum absolute atomic E-state index is 11.8. The van der Waals surface area contributed by atoms with Gasteiger partial charge in [-0.05, 0) is 30.6 Å². The Labute approximate surface area is 115 Å². The standard InChI is InChI=1S/C14H26N2O3/c1-10(13(2,3)4)16-12(19)15-9-14(6-5-7-14)8-11(17)18/h10H,5-9H2,1-4H3,(H,17,18)(H2,15,16,19). The zero-order valence-electron chi connectivity index (χ0n) is 12.4. The van der Waals surface area contributed by atoms with Crippen LogP contribution in [0.2, 0.25) is 0 Å². The Morgan fingerprint density at radius 2 is 1.89 bits per heavy atom. The first-order valence-electron chi connectivity index (χ1n) is 6.91. The molecule has 0 heterocycles. The number of carboxylic acid groups (broad SMARTS) is 1. The van der Waals surface area contributed by atoms with Gasteiger partial charge in [0.05, 0.1) is 6.42 Å². The van der Waals surface area contributed by atoms with Crippen LogP contribution < -0.4 is 10.6 Å². The summed E-state index contributed by atoms with van der Waals surface area (Å²) in [4.78, 5) is 22.6. The lowest BCUT2D eigenvalue weighted by Gasteiger charge is -2.41. The molecule has 1 aliphatic carbocycles. The second kappa shape index (κ2) is 5.80. The number of aliphatic carboxylic acids is 1. The van der Waals surface area contributed by atoms with E-state index in [9.17, 15) is 9.59 Å². The van der Waals surface area contributed by atoms with Crippen molar-refractivity contribution in [1.82, 2.24) is 10.6 Å². The molecule has 2 amide bonds. The van der Waals surface area contributed by atoms with Gasteiger partial charge in [0.25, 0.3) is 0 Å². The number of carbonyl (C=O) groups is 2. The molecule has 1 unspecified atom stereocenters. The van der Waals surface area contributed by atoms with Gasteiger partial charge in [0.1, 0.15) is 0 Å². The van der Waals surface area contributed by atoms with Crippen LogP contribution in [-0.4, -0.2) is 29.7 Å². The minimum absolute atomic E-state index is 0.00651. The van der Waals surface area contributed by atoms with Crippen molar-refractivity contribution in [1.29, 1.82) is 0 Å². The van der Waals surface area contributed by atoms with Crippen molar-refractivity contribution in [2.75, 3.05) is 6.54 Å². The van der Waals surface area contributed by atoms with Gasteiger partial charge in [0.2, 0.25) is 0 Å². The van der Waals surface area contributed by atoms with Crippen LogP contribution in [-0.2, 0) is 4.79 Å². The van der Waals surface area contributed by atoms with E-state index in [2.05, 4.69) is 31.4 Å². The third-order valence-electron chi connectivity index (χ3n) is 4.21. The molecule has 0 aromatic rings. The molecule has 0 bridgehead atoms. The highest BCUT2D eigenvalue weighted by Crippen LogP contribution is 2.43. The fraction of sp³-hybridized carbons (Fsp3) is 0.857. The average Bonchev–Trinajstić information content (AvgIpc) is 2.19. The normalized spacial score (nSPS) is 19.2. The molecule has 1 saturated carbocycles. The van der Waals surface area contributed by atoms with Gasteiger partial charge >= 0.3 is 12.0 Å². The molecule has 3 N–H and O–H groups in total. The molecule has 19 heavy (non-hydrogen) atoms. The number of amides is 2. The monoisotopic (exact) mass is 270 g/mol. The number of hydrogen-bond acceptors (Lipinski definition) is 2. The summed E-state index contributed by atoms with van der Waals surface area (Å²) >= 11 is 0. The molecule has 0 saturated heterocycles. The third kappa shape index (κ3) is 4.73. The molecule has 0 aromatic heterocycles. The van der Waals surface area contributed by atoms with E-state index in [1.54, 1.807) is 0 Å². The number of urea groups is 1. The van der Waals surface area contributed by atoms with Crippen molar-refractivity contribution in [3.8, 4) is 0 Å². The van der Waals surface area contributed by atoms with Gasteiger partial charge in [-0.15, -0.1) is 0 Å². The van der Waals surface area contributed by atoms with Gasteiger partial charge < -0.3 is 15.7 Å². The number of hydrogen-bond donors (Lipinski definition) is 3. The minimum Gasteiger partial charge on any atom is -0.481 e. The van der Waals surface area contributed by atoms with Gasteiger partial charge in [-0.25, -0.2) is 4.79 Å². The first kappa shape index (κ1) is 15.8. The Bertz CT molecular complexity index is 343. The van der Waals surface area contributed by atoms with Crippen molar-refractivity contribution in [2.24, 2.45) is 10.8 Å². The van der Waals surface area contributed by atoms with Crippen molar-refractivity contribution >= 4 is 12.0 Å². The SMILES string of the molecule is CC(NC(=O)NCC1(CC(=O)O)CCC1)C(C)(C)C. The Morgan fingerprint density at radius 3 is 2.26 bits per heavy atom. The van der Waals surface area contributed by atoms with Crippen molar-refractivity contribution in [3.05, 3.63) is 0 Å². The molecule has 1 fully saturated rings. The van der Waals surface area contributed by atoms with Gasteiger partial charge in [-0.2, -0.15) is 0 Å². The lowest BCUT2D eigenvalue weighted by molar-refractivity contribution is -0.141. The molecule has 0 radical (unpaired) electrons. The van der Waals surface area contributed by atoms with E-state index < -0.39 is 5.97 Å². The van der Waals surface area contributed by atoms with Crippen LogP contribution in [0.15, 0.2) is 0 Å². The molecular weight excluding hydrogens is 244 g/mol. The van der Waals surface area contributed by atoms with Crippen molar-refractivity contribution in [2.45, 2.75) is 59.4 Å². The molecule has 0 spiro atoms. The summed E-state index contributed by atoms with van der Waals surface area (Å²) in [6.45, 7) is 8.61. The molecule has 5 heteroatoms. The van der Waals surface area contributed by atoms with E-state index >= 15 is 0 Å². The summed E-state index contributed by atoms with van der Waals surface area (Å²) in [5, 5.41) is 14.6. The molecule has 0 aromatic carbocycles. The molecular formula is C14H26N2O3. The Kier molecular flexibility index (Phi) is 4.82. The molecule has 1 rings (SSSR count). The Morgan fingerprint density at radius 1 is 1.32 bits per heavy atom. The average molecular weight is 270 g/mol. The minimum atomic E-state index is -0.787. The molecule has 1 aliphatic rings. The van der Waals surface area contributed by atoms with Crippen LogP contribution in [0.25, 0.3) is 0 Å². The maximum Gasteiger partial charge on any atom is 0.315 e. The van der Waals surface area contributed by atoms with Gasteiger partial charge in [-0.1, -0.05) is 27.2 Å². The summed E-state index contributed by atoms with van der Waals surface area (Å²) < 4.78 is 0. The fourth-order valence-corrected chi connectivity index (χ4v) is 2.15. The van der Waals surface area contributed by atoms with Gasteiger partial charge in [0, 0.05) is 12.6 Å². The molecule has 110 valence electrons. The smallest absolute Gasteiger partial charge is 0.315 e. The van der Waals surface area contributed by atoms with Crippen LogP contribution in [0.1, 0.15) is 53.4 Å². The second-order valence-corrected chi connectivity index (χ2v) is 6.84. The van der Waals surface area contributed by atoms with Crippen LogP contribution >= 0.6 is 0 Å². The summed E-state index contributed by atoms with van der Waals surface area (Å²) in [5.41, 5.74) is -0.222. The van der Waals surface area contributed by atoms with E-state index in [1.165, 1.54) is 0 Å². The molecule has 0 aliphatic heterocycles.